The van der Waals surface area contributed by atoms with Crippen LogP contribution in [0, 0.1) is 0 Å². The molecule has 3 N–H and O–H groups in total. The number of nitrogens with one attached hydrogen (secondary N) is 1. The molecule has 0 aliphatic rings. The normalized spacial score (nSPS) is 13.2. The highest BCUT2D eigenvalue weighted by Gasteiger charge is 2.16. The second-order valence-corrected chi connectivity index (χ2v) is 6.83. The van der Waals surface area contributed by atoms with Crippen molar-refractivity contribution in [2.24, 2.45) is 5.73 Å². The van der Waals surface area contributed by atoms with E-state index in [1.54, 1.807) is 19.1 Å². The third kappa shape index (κ3) is 4.81. The van der Waals surface area contributed by atoms with Crippen LogP contribution in [0.5, 0.6) is 0 Å². The fraction of sp³-hybridized carbons (Fsp3) is 0.417. The third-order valence-corrected chi connectivity index (χ3v) is 4.15. The van der Waals surface area contributed by atoms with E-state index in [0.717, 1.165) is 6.26 Å². The Kier molecular flexibility index (Phi) is 5.34. The van der Waals surface area contributed by atoms with Crippen molar-refractivity contribution in [2.45, 2.75) is 30.8 Å². The predicted molar refractivity (Wildman–Crippen MR) is 74.7 cm³/mol. The zero-order chi connectivity index (χ0) is 14.6. The second-order valence-electron chi connectivity index (χ2n) is 4.44. The molecule has 0 heterocycles. The van der Waals surface area contributed by atoms with Crippen molar-refractivity contribution in [3.05, 3.63) is 28.8 Å². The molecule has 0 aliphatic heterocycles. The first-order valence-corrected chi connectivity index (χ1v) is 7.98. The molecule has 1 aromatic rings. The maximum Gasteiger partial charge on any atom is 0.218 e. The summed E-state index contributed by atoms with van der Waals surface area (Å²) in [5.74, 6) is -0.414. The lowest BCUT2D eigenvalue weighted by molar-refractivity contribution is -0.118. The summed E-state index contributed by atoms with van der Waals surface area (Å²) in [6.45, 7) is 2.05. The molecule has 1 amide bonds. The van der Waals surface area contributed by atoms with Gasteiger partial charge in [0, 0.05) is 35.8 Å². The molecule has 0 bridgehead atoms. The quantitative estimate of drug-likeness (QED) is 0.823. The molecule has 5 nitrogen and oxygen atoms in total. The van der Waals surface area contributed by atoms with Crippen molar-refractivity contribution in [2.75, 3.05) is 6.26 Å². The van der Waals surface area contributed by atoms with E-state index in [-0.39, 0.29) is 23.9 Å². The summed E-state index contributed by atoms with van der Waals surface area (Å²) in [5.41, 5.74) is 5.59. The third-order valence-electron chi connectivity index (χ3n) is 2.61. The first-order chi connectivity index (χ1) is 8.71. The molecule has 0 saturated carbocycles. The average molecular weight is 305 g/mol. The topological polar surface area (TPSA) is 89.3 Å². The SMILES string of the molecule is CC(CC(N)=O)NCc1c(Cl)cccc1S(C)(=O)=O. The van der Waals surface area contributed by atoms with E-state index in [1.807, 2.05) is 0 Å². The number of hydrogen-bond donors (Lipinski definition) is 2. The number of primary amides is 1. The fourth-order valence-corrected chi connectivity index (χ4v) is 2.96. The molecular weight excluding hydrogens is 288 g/mol. The molecular formula is C12H17ClN2O3S. The van der Waals surface area contributed by atoms with Crippen molar-refractivity contribution in [1.29, 1.82) is 0 Å². The van der Waals surface area contributed by atoms with Crippen molar-refractivity contribution in [3.63, 3.8) is 0 Å². The molecule has 19 heavy (non-hydrogen) atoms. The van der Waals surface area contributed by atoms with Crippen LogP contribution in [-0.4, -0.2) is 26.6 Å². The van der Waals surface area contributed by atoms with Gasteiger partial charge in [0.05, 0.1) is 4.90 Å². The Morgan fingerprint density at radius 1 is 1.47 bits per heavy atom. The highest BCUT2D eigenvalue weighted by Crippen LogP contribution is 2.24. The maximum absolute atomic E-state index is 11.7. The Bertz CT molecular complexity index is 572. The zero-order valence-electron chi connectivity index (χ0n) is 10.8. The van der Waals surface area contributed by atoms with Crippen LogP contribution in [0.2, 0.25) is 5.02 Å². The summed E-state index contributed by atoms with van der Waals surface area (Å²) in [6.07, 6.45) is 1.31. The van der Waals surface area contributed by atoms with Gasteiger partial charge in [-0.2, -0.15) is 0 Å². The minimum atomic E-state index is -3.34. The standard InChI is InChI=1S/C12H17ClN2O3S/c1-8(6-12(14)16)15-7-9-10(13)4-3-5-11(9)19(2,17)18/h3-5,8,15H,6-7H2,1-2H3,(H2,14,16). The van der Waals surface area contributed by atoms with Gasteiger partial charge in [0.25, 0.3) is 0 Å². The Hall–Kier alpha value is -1.11. The average Bonchev–Trinajstić information content (AvgIpc) is 2.24. The van der Waals surface area contributed by atoms with Gasteiger partial charge >= 0.3 is 0 Å². The van der Waals surface area contributed by atoms with Gasteiger partial charge in [-0.3, -0.25) is 4.79 Å². The van der Waals surface area contributed by atoms with Crippen LogP contribution in [0.3, 0.4) is 0 Å². The van der Waals surface area contributed by atoms with E-state index in [2.05, 4.69) is 5.32 Å². The Morgan fingerprint density at radius 3 is 2.63 bits per heavy atom. The van der Waals surface area contributed by atoms with E-state index in [9.17, 15) is 13.2 Å². The number of hydrogen-bond acceptors (Lipinski definition) is 4. The van der Waals surface area contributed by atoms with Gasteiger partial charge in [0.2, 0.25) is 5.91 Å². The van der Waals surface area contributed by atoms with Gasteiger partial charge in [-0.05, 0) is 19.1 Å². The summed E-state index contributed by atoms with van der Waals surface area (Å²) >= 11 is 6.03. The summed E-state index contributed by atoms with van der Waals surface area (Å²) in [5, 5.41) is 3.41. The van der Waals surface area contributed by atoms with E-state index in [0.29, 0.717) is 10.6 Å². The lowest BCUT2D eigenvalue weighted by Gasteiger charge is -2.15. The van der Waals surface area contributed by atoms with Gasteiger partial charge in [0.1, 0.15) is 0 Å². The smallest absolute Gasteiger partial charge is 0.218 e. The molecule has 0 radical (unpaired) electrons. The number of rotatable bonds is 6. The molecule has 1 rings (SSSR count). The van der Waals surface area contributed by atoms with E-state index >= 15 is 0 Å². The lowest BCUT2D eigenvalue weighted by Crippen LogP contribution is -2.31. The number of nitrogens with two attached hydrogens (primary N) is 1. The molecule has 7 heteroatoms. The molecule has 1 aromatic carbocycles. The largest absolute Gasteiger partial charge is 0.370 e. The molecule has 0 spiro atoms. The molecule has 0 aromatic heterocycles. The summed E-state index contributed by atoms with van der Waals surface area (Å²) in [7, 11) is -3.34. The lowest BCUT2D eigenvalue weighted by atomic mass is 10.2. The van der Waals surface area contributed by atoms with Crippen molar-refractivity contribution < 1.29 is 13.2 Å². The molecule has 1 atom stereocenters. The first-order valence-electron chi connectivity index (χ1n) is 5.71. The number of sulfone groups is 1. The van der Waals surface area contributed by atoms with Crippen LogP contribution in [0.25, 0.3) is 0 Å². The van der Waals surface area contributed by atoms with Gasteiger partial charge in [0.15, 0.2) is 9.84 Å². The van der Waals surface area contributed by atoms with Gasteiger partial charge in [-0.25, -0.2) is 8.42 Å². The van der Waals surface area contributed by atoms with Gasteiger partial charge in [-0.15, -0.1) is 0 Å². The predicted octanol–water partition coefficient (Wildman–Crippen LogP) is 1.10. The van der Waals surface area contributed by atoms with Gasteiger partial charge in [-0.1, -0.05) is 17.7 Å². The van der Waals surface area contributed by atoms with Crippen molar-refractivity contribution in [1.82, 2.24) is 5.32 Å². The van der Waals surface area contributed by atoms with Crippen LogP contribution in [0.4, 0.5) is 0 Å². The fourth-order valence-electron chi connectivity index (χ4n) is 1.71. The van der Waals surface area contributed by atoms with Crippen LogP contribution < -0.4 is 11.1 Å². The maximum atomic E-state index is 11.7. The number of benzene rings is 1. The van der Waals surface area contributed by atoms with E-state index < -0.39 is 15.7 Å². The van der Waals surface area contributed by atoms with Crippen LogP contribution >= 0.6 is 11.6 Å². The zero-order valence-corrected chi connectivity index (χ0v) is 12.4. The monoisotopic (exact) mass is 304 g/mol. The number of carbonyl (C=O) groups excluding carboxylic acids is 1. The summed E-state index contributed by atoms with van der Waals surface area (Å²) < 4.78 is 23.3. The van der Waals surface area contributed by atoms with Gasteiger partial charge < -0.3 is 11.1 Å². The van der Waals surface area contributed by atoms with E-state index in [4.69, 9.17) is 17.3 Å². The van der Waals surface area contributed by atoms with Crippen LogP contribution in [0.1, 0.15) is 18.9 Å². The second kappa shape index (κ2) is 6.36. The molecule has 0 aliphatic carbocycles. The molecule has 0 saturated heterocycles. The van der Waals surface area contributed by atoms with Crippen LogP contribution in [-0.2, 0) is 21.2 Å². The Labute approximate surface area is 118 Å². The van der Waals surface area contributed by atoms with Crippen molar-refractivity contribution in [3.8, 4) is 0 Å². The highest BCUT2D eigenvalue weighted by atomic mass is 35.5. The Balaban J connectivity index is 2.92. The number of halogens is 1. The number of amides is 1. The minimum Gasteiger partial charge on any atom is -0.370 e. The van der Waals surface area contributed by atoms with Crippen molar-refractivity contribution >= 4 is 27.3 Å². The molecule has 106 valence electrons. The molecule has 1 unspecified atom stereocenters. The van der Waals surface area contributed by atoms with Crippen LogP contribution in [0.15, 0.2) is 23.1 Å². The minimum absolute atomic E-state index is 0.152. The molecule has 0 fully saturated rings. The first kappa shape index (κ1) is 15.9. The highest BCUT2D eigenvalue weighted by molar-refractivity contribution is 7.90. The summed E-state index contributed by atoms with van der Waals surface area (Å²) in [4.78, 5) is 11.0. The summed E-state index contributed by atoms with van der Waals surface area (Å²) in [6, 6.07) is 4.58. The number of carbonyl (C=O) groups is 1. The Morgan fingerprint density at radius 2 is 2.11 bits per heavy atom. The van der Waals surface area contributed by atoms with E-state index in [1.165, 1.54) is 6.07 Å².